The van der Waals surface area contributed by atoms with E-state index in [-0.39, 0.29) is 42.4 Å². The molecule has 208 valence electrons. The SMILES string of the molecule is COc1ccc(COc2nc(CNC(=O)C=Cc3ccc(OC)c(OC)c3)c(OC)[n+]([O-])c2CC(C)C)cc1. The van der Waals surface area contributed by atoms with E-state index in [0.29, 0.717) is 28.3 Å². The maximum Gasteiger partial charge on any atom is 0.403 e. The van der Waals surface area contributed by atoms with Crippen molar-refractivity contribution in [2.75, 3.05) is 28.4 Å². The van der Waals surface area contributed by atoms with E-state index in [1.807, 2.05) is 38.1 Å². The number of amides is 1. The molecule has 3 rings (SSSR count). The molecule has 1 aromatic heterocycles. The Balaban J connectivity index is 1.79. The van der Waals surface area contributed by atoms with Crippen LogP contribution in [0.4, 0.5) is 0 Å². The van der Waals surface area contributed by atoms with Crippen LogP contribution < -0.4 is 33.7 Å². The second-order valence-electron chi connectivity index (χ2n) is 9.01. The lowest BCUT2D eigenvalue weighted by molar-refractivity contribution is -0.622. The molecule has 0 saturated heterocycles. The lowest BCUT2D eigenvalue weighted by Crippen LogP contribution is -2.38. The summed E-state index contributed by atoms with van der Waals surface area (Å²) in [5.41, 5.74) is 2.25. The highest BCUT2D eigenvalue weighted by Crippen LogP contribution is 2.28. The van der Waals surface area contributed by atoms with Crippen LogP contribution in [0.2, 0.25) is 0 Å². The minimum absolute atomic E-state index is 0.00613. The number of benzene rings is 2. The third-order valence-corrected chi connectivity index (χ3v) is 5.75. The van der Waals surface area contributed by atoms with Gasteiger partial charge >= 0.3 is 5.88 Å². The van der Waals surface area contributed by atoms with E-state index in [1.54, 1.807) is 45.6 Å². The van der Waals surface area contributed by atoms with Crippen LogP contribution in [0.5, 0.6) is 29.0 Å². The van der Waals surface area contributed by atoms with Gasteiger partial charge in [0.1, 0.15) is 12.4 Å². The summed E-state index contributed by atoms with van der Waals surface area (Å²) in [6.45, 7) is 4.16. The Kier molecular flexibility index (Phi) is 10.4. The number of carbonyl (C=O) groups excluding carboxylic acids is 1. The van der Waals surface area contributed by atoms with E-state index in [9.17, 15) is 10.0 Å². The van der Waals surface area contributed by atoms with E-state index in [2.05, 4.69) is 10.3 Å². The molecule has 10 nitrogen and oxygen atoms in total. The molecule has 0 unspecified atom stereocenters. The van der Waals surface area contributed by atoms with E-state index in [4.69, 9.17) is 23.7 Å². The molecule has 2 aromatic carbocycles. The molecular weight excluding hydrogens is 502 g/mol. The Bertz CT molecular complexity index is 1290. The first kappa shape index (κ1) is 29.1. The van der Waals surface area contributed by atoms with Crippen LogP contribution in [0.3, 0.4) is 0 Å². The molecule has 0 aliphatic heterocycles. The molecule has 0 saturated carbocycles. The molecule has 1 N–H and O–H groups in total. The van der Waals surface area contributed by atoms with E-state index in [1.165, 1.54) is 13.2 Å². The molecule has 1 heterocycles. The van der Waals surface area contributed by atoms with Crippen LogP contribution in [0.1, 0.15) is 36.4 Å². The molecule has 0 aliphatic carbocycles. The first-order valence-corrected chi connectivity index (χ1v) is 12.4. The van der Waals surface area contributed by atoms with Crippen molar-refractivity contribution in [3.05, 3.63) is 76.3 Å². The van der Waals surface area contributed by atoms with Crippen molar-refractivity contribution in [3.63, 3.8) is 0 Å². The molecule has 3 aromatic rings. The van der Waals surface area contributed by atoms with Gasteiger partial charge in [0.05, 0.1) is 35.0 Å². The molecule has 0 radical (unpaired) electrons. The molecule has 1 amide bonds. The van der Waals surface area contributed by atoms with E-state index < -0.39 is 0 Å². The third kappa shape index (κ3) is 7.76. The number of ether oxygens (including phenoxy) is 5. The monoisotopic (exact) mass is 537 g/mol. The number of carbonyl (C=O) groups is 1. The number of rotatable bonds is 13. The van der Waals surface area contributed by atoms with Crippen molar-refractivity contribution in [1.82, 2.24) is 10.3 Å². The maximum absolute atomic E-state index is 13.2. The van der Waals surface area contributed by atoms with Crippen molar-refractivity contribution in [3.8, 4) is 29.0 Å². The van der Waals surface area contributed by atoms with E-state index in [0.717, 1.165) is 16.9 Å². The van der Waals surface area contributed by atoms with Crippen LogP contribution in [0.15, 0.2) is 48.5 Å². The third-order valence-electron chi connectivity index (χ3n) is 5.75. The molecule has 0 atom stereocenters. The first-order chi connectivity index (χ1) is 18.8. The maximum atomic E-state index is 13.2. The summed E-state index contributed by atoms with van der Waals surface area (Å²) in [7, 11) is 6.09. The lowest BCUT2D eigenvalue weighted by atomic mass is 10.1. The van der Waals surface area contributed by atoms with Crippen molar-refractivity contribution < 1.29 is 33.2 Å². The summed E-state index contributed by atoms with van der Waals surface area (Å²) in [5, 5.41) is 16.0. The average molecular weight is 538 g/mol. The predicted octanol–water partition coefficient (Wildman–Crippen LogP) is 3.86. The Morgan fingerprint density at radius 2 is 1.72 bits per heavy atom. The second kappa shape index (κ2) is 13.9. The fourth-order valence-corrected chi connectivity index (χ4v) is 3.78. The van der Waals surface area contributed by atoms with Crippen molar-refractivity contribution in [2.45, 2.75) is 33.4 Å². The van der Waals surface area contributed by atoms with Gasteiger partial charge in [-0.3, -0.25) is 4.79 Å². The largest absolute Gasteiger partial charge is 0.616 e. The Morgan fingerprint density at radius 1 is 1.00 bits per heavy atom. The molecule has 0 aliphatic rings. The first-order valence-electron chi connectivity index (χ1n) is 12.4. The zero-order valence-electron chi connectivity index (χ0n) is 23.1. The van der Waals surface area contributed by atoms with Gasteiger partial charge in [-0.25, -0.2) is 4.98 Å². The normalized spacial score (nSPS) is 10.9. The second-order valence-corrected chi connectivity index (χ2v) is 9.01. The summed E-state index contributed by atoms with van der Waals surface area (Å²) in [6, 6.07) is 12.7. The van der Waals surface area contributed by atoms with Gasteiger partial charge in [-0.05, 0) is 47.4 Å². The van der Waals surface area contributed by atoms with E-state index >= 15 is 0 Å². The Morgan fingerprint density at radius 3 is 2.33 bits per heavy atom. The molecular formula is C29H35N3O7. The lowest BCUT2D eigenvalue weighted by Gasteiger charge is -2.16. The highest BCUT2D eigenvalue weighted by Gasteiger charge is 2.27. The van der Waals surface area contributed by atoms with Crippen LogP contribution in [0, 0.1) is 11.1 Å². The molecule has 10 heteroatoms. The van der Waals surface area contributed by atoms with Gasteiger partial charge in [0, 0.05) is 12.5 Å². The molecule has 0 bridgehead atoms. The summed E-state index contributed by atoms with van der Waals surface area (Å²) in [4.78, 5) is 17.1. The topological polar surface area (TPSA) is 115 Å². The van der Waals surface area contributed by atoms with Crippen molar-refractivity contribution >= 4 is 12.0 Å². The predicted molar refractivity (Wildman–Crippen MR) is 146 cm³/mol. The fraction of sp³-hybridized carbons (Fsp3) is 0.345. The number of aromatic nitrogens is 2. The Hall–Kier alpha value is -4.47. The summed E-state index contributed by atoms with van der Waals surface area (Å²) >= 11 is 0. The van der Waals surface area contributed by atoms with Gasteiger partial charge in [0.15, 0.2) is 17.2 Å². The van der Waals surface area contributed by atoms with Gasteiger partial charge in [-0.1, -0.05) is 32.0 Å². The Labute approximate surface area is 228 Å². The van der Waals surface area contributed by atoms with Crippen LogP contribution in [-0.2, 0) is 24.4 Å². The molecule has 0 fully saturated rings. The summed E-state index contributed by atoms with van der Waals surface area (Å²) < 4.78 is 27.8. The van der Waals surface area contributed by atoms with Gasteiger partial charge in [0.2, 0.25) is 5.91 Å². The average Bonchev–Trinajstić information content (AvgIpc) is 2.95. The standard InChI is InChI=1S/C29H35N3O7/c1-19(2)15-24-28(39-18-21-7-11-22(35-3)12-8-21)31-23(29(38-6)32(24)34)17-30-27(33)14-10-20-9-13-25(36-4)26(16-20)37-5/h7-14,16,19H,15,17-18H2,1-6H3,(H,30,33). The van der Waals surface area contributed by atoms with Crippen LogP contribution in [0.25, 0.3) is 6.08 Å². The molecule has 39 heavy (non-hydrogen) atoms. The number of hydrogen-bond acceptors (Lipinski definition) is 8. The zero-order chi connectivity index (χ0) is 28.4. The summed E-state index contributed by atoms with van der Waals surface area (Å²) in [5.74, 6) is 1.88. The summed E-state index contributed by atoms with van der Waals surface area (Å²) in [6.07, 6.45) is 3.46. The minimum Gasteiger partial charge on any atom is -0.616 e. The zero-order valence-corrected chi connectivity index (χ0v) is 23.1. The van der Waals surface area contributed by atoms with Crippen molar-refractivity contribution in [2.24, 2.45) is 5.92 Å². The number of nitrogens with zero attached hydrogens (tertiary/aromatic N) is 2. The highest BCUT2D eigenvalue weighted by molar-refractivity contribution is 5.91. The van der Waals surface area contributed by atoms with Gasteiger partial charge < -0.3 is 34.2 Å². The minimum atomic E-state index is -0.377. The van der Waals surface area contributed by atoms with Crippen LogP contribution >= 0.6 is 0 Å². The fourth-order valence-electron chi connectivity index (χ4n) is 3.78. The number of methoxy groups -OCH3 is 4. The van der Waals surface area contributed by atoms with Crippen molar-refractivity contribution in [1.29, 1.82) is 0 Å². The number of nitrogens with one attached hydrogen (secondary N) is 1. The quantitative estimate of drug-likeness (QED) is 0.199. The number of hydrogen-bond donors (Lipinski definition) is 1. The highest BCUT2D eigenvalue weighted by atomic mass is 16.6. The molecule has 0 spiro atoms. The van der Waals surface area contributed by atoms with Gasteiger partial charge in [0.25, 0.3) is 11.6 Å². The van der Waals surface area contributed by atoms with Gasteiger partial charge in [-0.2, -0.15) is 0 Å². The van der Waals surface area contributed by atoms with Crippen LogP contribution in [-0.4, -0.2) is 39.3 Å². The van der Waals surface area contributed by atoms with Gasteiger partial charge in [-0.15, -0.1) is 4.73 Å². The smallest absolute Gasteiger partial charge is 0.403 e.